The molecule has 1 aromatic carbocycles. The predicted molar refractivity (Wildman–Crippen MR) is 76.1 cm³/mol. The van der Waals surface area contributed by atoms with E-state index >= 15 is 0 Å². The number of ether oxygens (including phenoxy) is 1. The maximum atomic E-state index is 10.0. The van der Waals surface area contributed by atoms with Crippen LogP contribution < -0.4 is 5.32 Å². The van der Waals surface area contributed by atoms with Crippen LogP contribution >= 0.6 is 12.2 Å². The van der Waals surface area contributed by atoms with E-state index in [2.05, 4.69) is 5.32 Å². The number of rotatable bonds is 1. The summed E-state index contributed by atoms with van der Waals surface area (Å²) in [4.78, 5) is 1.62. The van der Waals surface area contributed by atoms with Crippen molar-refractivity contribution >= 4 is 23.0 Å². The molecule has 0 saturated carbocycles. The molecule has 2 saturated heterocycles. The zero-order valence-electron chi connectivity index (χ0n) is 10.6. The molecule has 7 heteroatoms. The molecule has 6 nitrogen and oxygen atoms in total. The van der Waals surface area contributed by atoms with Crippen molar-refractivity contribution in [3.05, 3.63) is 30.3 Å². The van der Waals surface area contributed by atoms with Crippen LogP contribution in [-0.2, 0) is 4.74 Å². The number of aliphatic hydroxyl groups is 3. The number of hydrogen-bond acceptors (Lipinski definition) is 5. The van der Waals surface area contributed by atoms with Gasteiger partial charge in [0.05, 0.1) is 12.6 Å². The third-order valence-corrected chi connectivity index (χ3v) is 4.03. The van der Waals surface area contributed by atoms with Crippen LogP contribution in [0.3, 0.4) is 0 Å². The molecule has 0 aliphatic carbocycles. The molecule has 5 atom stereocenters. The number of fused-ring (bicyclic) bond motifs is 2. The van der Waals surface area contributed by atoms with Gasteiger partial charge in [-0.05, 0) is 24.4 Å². The standard InChI is InChI=1S/C13H16N2O4S/c16-9-8-6-19-12(11(18)10(9)17)15(8)13(20)14-7-4-2-1-3-5-7/h1-5,8-12,16-18H,6H2,(H,14,20)/t8-,9+,10-,11-,12+/m0/s1. The van der Waals surface area contributed by atoms with Gasteiger partial charge in [0.25, 0.3) is 0 Å². The first-order valence-electron chi connectivity index (χ1n) is 6.40. The van der Waals surface area contributed by atoms with Gasteiger partial charge in [0.1, 0.15) is 18.3 Å². The minimum absolute atomic E-state index is 0.219. The van der Waals surface area contributed by atoms with E-state index in [1.165, 1.54) is 0 Å². The van der Waals surface area contributed by atoms with Crippen LogP contribution in [0.15, 0.2) is 30.3 Å². The number of hydrogen-bond donors (Lipinski definition) is 4. The maximum absolute atomic E-state index is 10.0. The van der Waals surface area contributed by atoms with Crippen molar-refractivity contribution in [2.75, 3.05) is 11.9 Å². The van der Waals surface area contributed by atoms with E-state index in [9.17, 15) is 15.3 Å². The highest BCUT2D eigenvalue weighted by Gasteiger charge is 2.53. The first-order chi connectivity index (χ1) is 9.59. The minimum atomic E-state index is -1.22. The third-order valence-electron chi connectivity index (χ3n) is 3.71. The predicted octanol–water partition coefficient (Wildman–Crippen LogP) is -0.493. The van der Waals surface area contributed by atoms with Gasteiger partial charge in [0.15, 0.2) is 11.3 Å². The van der Waals surface area contributed by atoms with Gasteiger partial charge < -0.3 is 30.3 Å². The summed E-state index contributed by atoms with van der Waals surface area (Å²) in [7, 11) is 0. The number of nitrogens with one attached hydrogen (secondary N) is 1. The average Bonchev–Trinajstić information content (AvgIpc) is 2.86. The fourth-order valence-corrected chi connectivity index (χ4v) is 3.00. The lowest BCUT2D eigenvalue weighted by Crippen LogP contribution is -2.64. The summed E-state index contributed by atoms with van der Waals surface area (Å²) >= 11 is 5.33. The Morgan fingerprint density at radius 1 is 1.15 bits per heavy atom. The lowest BCUT2D eigenvalue weighted by atomic mass is 9.95. The van der Waals surface area contributed by atoms with E-state index in [0.29, 0.717) is 5.11 Å². The number of anilines is 1. The second kappa shape index (κ2) is 5.27. The van der Waals surface area contributed by atoms with Crippen molar-refractivity contribution in [3.8, 4) is 0 Å². The molecule has 2 bridgehead atoms. The largest absolute Gasteiger partial charge is 0.388 e. The quantitative estimate of drug-likeness (QED) is 0.520. The number of benzene rings is 1. The zero-order chi connectivity index (χ0) is 14.3. The molecule has 0 spiro atoms. The molecule has 3 rings (SSSR count). The molecule has 0 radical (unpaired) electrons. The molecule has 2 aliphatic heterocycles. The summed E-state index contributed by atoms with van der Waals surface area (Å²) in [6.07, 6.45) is -4.25. The smallest absolute Gasteiger partial charge is 0.175 e. The fourth-order valence-electron chi connectivity index (χ4n) is 2.65. The number of piperidine rings is 1. The van der Waals surface area contributed by atoms with Crippen molar-refractivity contribution in [2.24, 2.45) is 0 Å². The monoisotopic (exact) mass is 296 g/mol. The lowest BCUT2D eigenvalue weighted by molar-refractivity contribution is -0.154. The van der Waals surface area contributed by atoms with Gasteiger partial charge in [-0.15, -0.1) is 0 Å². The molecule has 4 N–H and O–H groups in total. The number of thiocarbonyl (C=S) groups is 1. The average molecular weight is 296 g/mol. The van der Waals surface area contributed by atoms with Crippen LogP contribution in [0.25, 0.3) is 0 Å². The SMILES string of the molecule is O[C@@H]1[C@H](O)[C@H]2OC[C@@H]([C@H]1O)N2C(=S)Nc1ccccc1. The van der Waals surface area contributed by atoms with Crippen molar-refractivity contribution in [2.45, 2.75) is 30.6 Å². The Kier molecular flexibility index (Phi) is 3.61. The van der Waals surface area contributed by atoms with Crippen LogP contribution in [0.1, 0.15) is 0 Å². The maximum Gasteiger partial charge on any atom is 0.175 e. The van der Waals surface area contributed by atoms with Gasteiger partial charge in [-0.1, -0.05) is 18.2 Å². The normalized spacial score (nSPS) is 36.0. The molecule has 2 fully saturated rings. The molecule has 20 heavy (non-hydrogen) atoms. The Hall–Kier alpha value is -1.25. The molecule has 0 unspecified atom stereocenters. The minimum Gasteiger partial charge on any atom is -0.388 e. The molecular weight excluding hydrogens is 280 g/mol. The fraction of sp³-hybridized carbons (Fsp3) is 0.462. The Morgan fingerprint density at radius 3 is 2.55 bits per heavy atom. The first kappa shape index (κ1) is 13.7. The number of nitrogens with zero attached hydrogens (tertiary/aromatic N) is 1. The van der Waals surface area contributed by atoms with Gasteiger partial charge >= 0.3 is 0 Å². The van der Waals surface area contributed by atoms with Crippen LogP contribution in [0.5, 0.6) is 0 Å². The summed E-state index contributed by atoms with van der Waals surface area (Å²) < 4.78 is 5.43. The van der Waals surface area contributed by atoms with Gasteiger partial charge in [0, 0.05) is 5.69 Å². The molecule has 108 valence electrons. The molecule has 0 aromatic heterocycles. The molecule has 0 amide bonds. The molecular formula is C13H16N2O4S. The van der Waals surface area contributed by atoms with Gasteiger partial charge in [0.2, 0.25) is 0 Å². The Labute approximate surface area is 121 Å². The van der Waals surface area contributed by atoms with E-state index in [0.717, 1.165) is 5.69 Å². The highest BCUT2D eigenvalue weighted by atomic mass is 32.1. The summed E-state index contributed by atoms with van der Waals surface area (Å²) in [5.41, 5.74) is 0.812. The number of para-hydroxylation sites is 1. The van der Waals surface area contributed by atoms with Crippen LogP contribution in [0, 0.1) is 0 Å². The first-order valence-corrected chi connectivity index (χ1v) is 6.80. The van der Waals surface area contributed by atoms with E-state index in [1.54, 1.807) is 4.90 Å². The Bertz CT molecular complexity index is 482. The zero-order valence-corrected chi connectivity index (χ0v) is 11.4. The van der Waals surface area contributed by atoms with Crippen LogP contribution in [-0.4, -0.2) is 62.5 Å². The topological polar surface area (TPSA) is 85.2 Å². The van der Waals surface area contributed by atoms with E-state index < -0.39 is 30.6 Å². The van der Waals surface area contributed by atoms with Crippen molar-refractivity contribution in [3.63, 3.8) is 0 Å². The van der Waals surface area contributed by atoms with Crippen LogP contribution in [0.4, 0.5) is 5.69 Å². The van der Waals surface area contributed by atoms with E-state index in [4.69, 9.17) is 17.0 Å². The van der Waals surface area contributed by atoms with E-state index in [-0.39, 0.29) is 6.61 Å². The second-order valence-corrected chi connectivity index (χ2v) is 5.35. The van der Waals surface area contributed by atoms with E-state index in [1.807, 2.05) is 30.3 Å². The molecule has 2 heterocycles. The lowest BCUT2D eigenvalue weighted by Gasteiger charge is -2.42. The Balaban J connectivity index is 1.78. The van der Waals surface area contributed by atoms with Gasteiger partial charge in [-0.3, -0.25) is 0 Å². The summed E-state index contributed by atoms with van der Waals surface area (Å²) in [5.74, 6) is 0. The van der Waals surface area contributed by atoms with Crippen LogP contribution in [0.2, 0.25) is 0 Å². The molecule has 2 aliphatic rings. The van der Waals surface area contributed by atoms with Crippen molar-refractivity contribution in [1.29, 1.82) is 0 Å². The summed E-state index contributed by atoms with van der Waals surface area (Å²) in [5, 5.41) is 33.1. The summed E-state index contributed by atoms with van der Waals surface area (Å²) in [6.45, 7) is 0.219. The highest BCUT2D eigenvalue weighted by molar-refractivity contribution is 7.80. The van der Waals surface area contributed by atoms with Crippen molar-refractivity contribution < 1.29 is 20.1 Å². The highest BCUT2D eigenvalue weighted by Crippen LogP contribution is 2.32. The molecule has 1 aromatic rings. The second-order valence-electron chi connectivity index (χ2n) is 4.97. The third kappa shape index (κ3) is 2.17. The number of aliphatic hydroxyl groups excluding tert-OH is 3. The van der Waals surface area contributed by atoms with Crippen molar-refractivity contribution in [1.82, 2.24) is 4.90 Å². The Morgan fingerprint density at radius 2 is 1.85 bits per heavy atom. The van der Waals surface area contributed by atoms with Gasteiger partial charge in [-0.2, -0.15) is 0 Å². The summed E-state index contributed by atoms with van der Waals surface area (Å²) in [6, 6.07) is 8.91. The van der Waals surface area contributed by atoms with Gasteiger partial charge in [-0.25, -0.2) is 0 Å².